The topological polar surface area (TPSA) is 109 Å². The maximum Gasteiger partial charge on any atom is 0.435 e. The molecule has 30 heavy (non-hydrogen) atoms. The van der Waals surface area contributed by atoms with Crippen molar-refractivity contribution in [2.45, 2.75) is 32.4 Å². The molecule has 0 saturated carbocycles. The van der Waals surface area contributed by atoms with Gasteiger partial charge < -0.3 is 24.4 Å². The molecule has 0 aromatic heterocycles. The van der Waals surface area contributed by atoms with Gasteiger partial charge in [-0.1, -0.05) is 25.3 Å². The van der Waals surface area contributed by atoms with E-state index >= 15 is 0 Å². The van der Waals surface area contributed by atoms with Crippen LogP contribution in [0.2, 0.25) is 0 Å². The molecule has 3 aliphatic rings. The Labute approximate surface area is 175 Å². The smallest absolute Gasteiger partial charge is 0.435 e. The number of fused-ring (bicyclic) bond motifs is 3. The maximum atomic E-state index is 12.7. The van der Waals surface area contributed by atoms with Gasteiger partial charge in [-0.15, -0.1) is 0 Å². The fourth-order valence-corrected chi connectivity index (χ4v) is 4.44. The number of aliphatic hydroxyl groups excluding tert-OH is 1. The van der Waals surface area contributed by atoms with Crippen LogP contribution in [0.25, 0.3) is 0 Å². The van der Waals surface area contributed by atoms with Crippen LogP contribution in [0.5, 0.6) is 0 Å². The monoisotopic (exact) mass is 417 g/mol. The Kier molecular flexibility index (Phi) is 6.40. The molecule has 1 N–H and O–H groups in total. The number of esters is 1. The molecule has 2 amide bonds. The highest BCUT2D eigenvalue weighted by Gasteiger charge is 2.61. The summed E-state index contributed by atoms with van der Waals surface area (Å²) >= 11 is 0. The van der Waals surface area contributed by atoms with E-state index in [1.807, 2.05) is 4.90 Å². The number of rotatable bonds is 6. The van der Waals surface area contributed by atoms with Gasteiger partial charge in [0.05, 0.1) is 18.1 Å². The number of hydrogen-bond acceptors (Lipinski definition) is 6. The number of aliphatic imine (C=N–C) groups is 1. The van der Waals surface area contributed by atoms with E-state index in [0.29, 0.717) is 25.3 Å². The van der Waals surface area contributed by atoms with Crippen LogP contribution in [-0.2, 0) is 19.1 Å². The molecule has 2 saturated heterocycles. The van der Waals surface area contributed by atoms with Crippen molar-refractivity contribution in [3.8, 4) is 0 Å². The summed E-state index contributed by atoms with van der Waals surface area (Å²) in [6.45, 7) is 11.3. The number of hydrogen-bond donors (Lipinski definition) is 1. The van der Waals surface area contributed by atoms with E-state index < -0.39 is 24.1 Å². The standard InChI is InChI=1S/C21H27N3O6/c1-5-9-29-20(27)18-15-11-23(13(4)22-21(28)30-10-6-2)8-7-14(15)17-16(12(3)25)19(26)24(17)18/h5-6,12,14,16-17,25H,1-2,7-11H2,3-4H3/b22-13+/t12-,14+,16-,17-/m1/s1. The van der Waals surface area contributed by atoms with Gasteiger partial charge in [0.15, 0.2) is 0 Å². The molecule has 162 valence electrons. The number of ether oxygens (including phenoxy) is 2. The minimum Gasteiger partial charge on any atom is -0.457 e. The molecule has 0 aromatic carbocycles. The summed E-state index contributed by atoms with van der Waals surface area (Å²) in [5.74, 6) is -0.985. The lowest BCUT2D eigenvalue weighted by Gasteiger charge is -2.48. The summed E-state index contributed by atoms with van der Waals surface area (Å²) in [7, 11) is 0. The number of amidine groups is 1. The Morgan fingerprint density at radius 3 is 2.60 bits per heavy atom. The van der Waals surface area contributed by atoms with E-state index in [2.05, 4.69) is 18.2 Å². The highest BCUT2D eigenvalue weighted by Crippen LogP contribution is 2.50. The van der Waals surface area contributed by atoms with Crippen LogP contribution in [0.4, 0.5) is 4.79 Å². The molecule has 3 heterocycles. The first-order valence-corrected chi connectivity index (χ1v) is 9.91. The van der Waals surface area contributed by atoms with Crippen LogP contribution >= 0.6 is 0 Å². The number of carbonyl (C=O) groups is 3. The van der Waals surface area contributed by atoms with Crippen LogP contribution in [0.1, 0.15) is 20.3 Å². The van der Waals surface area contributed by atoms with Crippen LogP contribution < -0.4 is 0 Å². The van der Waals surface area contributed by atoms with Crippen molar-refractivity contribution in [2.75, 3.05) is 26.3 Å². The molecule has 0 aliphatic carbocycles. The van der Waals surface area contributed by atoms with E-state index in [1.165, 1.54) is 17.1 Å². The highest BCUT2D eigenvalue weighted by molar-refractivity contribution is 6.01. The van der Waals surface area contributed by atoms with Gasteiger partial charge >= 0.3 is 12.1 Å². The summed E-state index contributed by atoms with van der Waals surface area (Å²) in [6.07, 6.45) is 2.05. The molecule has 0 spiro atoms. The summed E-state index contributed by atoms with van der Waals surface area (Å²) in [6, 6.07) is -0.254. The highest BCUT2D eigenvalue weighted by atomic mass is 16.5. The number of piperidine rings is 1. The first-order valence-electron chi connectivity index (χ1n) is 9.91. The van der Waals surface area contributed by atoms with Gasteiger partial charge in [-0.2, -0.15) is 4.99 Å². The molecule has 0 unspecified atom stereocenters. The summed E-state index contributed by atoms with van der Waals surface area (Å²) in [5.41, 5.74) is 1.01. The zero-order valence-corrected chi connectivity index (χ0v) is 17.2. The molecule has 9 nitrogen and oxygen atoms in total. The number of likely N-dealkylation sites (tertiary alicyclic amines) is 1. The van der Waals surface area contributed by atoms with Crippen LogP contribution in [0.15, 0.2) is 41.6 Å². The van der Waals surface area contributed by atoms with Crippen molar-refractivity contribution in [1.29, 1.82) is 0 Å². The Morgan fingerprint density at radius 1 is 1.30 bits per heavy atom. The Hall–Kier alpha value is -2.94. The van der Waals surface area contributed by atoms with Crippen molar-refractivity contribution in [1.82, 2.24) is 9.80 Å². The van der Waals surface area contributed by atoms with Gasteiger partial charge in [-0.25, -0.2) is 9.59 Å². The summed E-state index contributed by atoms with van der Waals surface area (Å²) in [5, 5.41) is 10.1. The minimum absolute atomic E-state index is 0.0339. The van der Waals surface area contributed by atoms with Gasteiger partial charge in [0.2, 0.25) is 5.91 Å². The van der Waals surface area contributed by atoms with Crippen molar-refractivity contribution in [2.24, 2.45) is 16.8 Å². The summed E-state index contributed by atoms with van der Waals surface area (Å²) in [4.78, 5) is 44.5. The van der Waals surface area contributed by atoms with Crippen LogP contribution in [0.3, 0.4) is 0 Å². The minimum atomic E-state index is -0.801. The number of carbonyl (C=O) groups excluding carboxylic acids is 3. The molecule has 3 aliphatic heterocycles. The normalized spacial score (nSPS) is 26.4. The second-order valence-corrected chi connectivity index (χ2v) is 7.57. The van der Waals surface area contributed by atoms with Crippen LogP contribution in [-0.4, -0.2) is 77.2 Å². The van der Waals surface area contributed by atoms with Crippen molar-refractivity contribution in [3.05, 3.63) is 36.6 Å². The van der Waals surface area contributed by atoms with Crippen molar-refractivity contribution >= 4 is 23.8 Å². The Bertz CT molecular complexity index is 831. The molecule has 9 heteroatoms. The number of aliphatic hydroxyl groups is 1. The van der Waals surface area contributed by atoms with Crippen molar-refractivity contribution < 1.29 is 29.0 Å². The predicted molar refractivity (Wildman–Crippen MR) is 108 cm³/mol. The van der Waals surface area contributed by atoms with Gasteiger partial charge in [0, 0.05) is 19.0 Å². The first kappa shape index (κ1) is 21.8. The third-order valence-corrected chi connectivity index (χ3v) is 5.75. The molecule has 3 rings (SSSR count). The molecule has 4 atom stereocenters. The lowest BCUT2D eigenvalue weighted by atomic mass is 9.74. The molecule has 0 bridgehead atoms. The fraction of sp³-hybridized carbons (Fsp3) is 0.524. The third kappa shape index (κ3) is 3.77. The quantitative estimate of drug-likeness (QED) is 0.228. The third-order valence-electron chi connectivity index (χ3n) is 5.75. The zero-order valence-electron chi connectivity index (χ0n) is 17.2. The lowest BCUT2D eigenvalue weighted by Crippen LogP contribution is -2.64. The molecule has 0 radical (unpaired) electrons. The van der Waals surface area contributed by atoms with Gasteiger partial charge in [-0.05, 0) is 25.8 Å². The van der Waals surface area contributed by atoms with E-state index in [1.54, 1.807) is 13.8 Å². The maximum absolute atomic E-state index is 12.7. The number of nitrogens with zero attached hydrogens (tertiary/aromatic N) is 3. The molecule has 0 aromatic rings. The number of amides is 2. The summed E-state index contributed by atoms with van der Waals surface area (Å²) < 4.78 is 10.1. The van der Waals surface area contributed by atoms with E-state index in [-0.39, 0.29) is 36.8 Å². The first-order chi connectivity index (χ1) is 14.3. The van der Waals surface area contributed by atoms with Gasteiger partial charge in [0.25, 0.3) is 0 Å². The lowest BCUT2D eigenvalue weighted by molar-refractivity contribution is -0.164. The largest absolute Gasteiger partial charge is 0.457 e. The van der Waals surface area contributed by atoms with Gasteiger partial charge in [-0.3, -0.25) is 4.79 Å². The molecule has 2 fully saturated rings. The molecular weight excluding hydrogens is 390 g/mol. The fourth-order valence-electron chi connectivity index (χ4n) is 4.44. The average molecular weight is 417 g/mol. The second-order valence-electron chi connectivity index (χ2n) is 7.57. The second kappa shape index (κ2) is 8.83. The van der Waals surface area contributed by atoms with Gasteiger partial charge in [0.1, 0.15) is 24.7 Å². The SMILES string of the molecule is C=CCOC(=O)/N=C(\C)N1CC[C@H]2C(=C(C(=O)OCC=C)N3C(=O)[C@H]([C@@H](C)O)[C@@H]23)C1. The molecular formula is C21H27N3O6. The zero-order chi connectivity index (χ0) is 22.0. The van der Waals surface area contributed by atoms with E-state index in [4.69, 9.17) is 9.47 Å². The average Bonchev–Trinajstić information content (AvgIpc) is 2.99. The van der Waals surface area contributed by atoms with E-state index in [0.717, 1.165) is 5.57 Å². The van der Waals surface area contributed by atoms with Crippen molar-refractivity contribution in [3.63, 3.8) is 0 Å². The van der Waals surface area contributed by atoms with E-state index in [9.17, 15) is 19.5 Å². The Balaban J connectivity index is 1.87. The predicted octanol–water partition coefficient (Wildman–Crippen LogP) is 1.25. The van der Waals surface area contributed by atoms with Crippen LogP contribution in [0, 0.1) is 11.8 Å². The Morgan fingerprint density at radius 2 is 1.97 bits per heavy atom. The number of β-lactam (4-membered cyclic amide) rings is 1.